The standard InChI is InChI=1S/C16H27NO3/c1-4-12-7-13(14(8-12)16(19)20)15(18)17-6-5-10(2)11(3)9-17/h10-14H,4-9H2,1-3H3,(H,19,20)/t10?,11?,12?,13-,14+/m0/s1. The van der Waals surface area contributed by atoms with Gasteiger partial charge in [0.15, 0.2) is 0 Å². The summed E-state index contributed by atoms with van der Waals surface area (Å²) in [6, 6.07) is 0. The van der Waals surface area contributed by atoms with Gasteiger partial charge in [0.05, 0.1) is 11.8 Å². The maximum Gasteiger partial charge on any atom is 0.307 e. The maximum atomic E-state index is 12.7. The third-order valence-corrected chi connectivity index (χ3v) is 5.52. The molecule has 114 valence electrons. The Labute approximate surface area is 121 Å². The van der Waals surface area contributed by atoms with E-state index in [9.17, 15) is 14.7 Å². The second-order valence-electron chi connectivity index (χ2n) is 6.82. The fourth-order valence-corrected chi connectivity index (χ4v) is 3.72. The molecule has 2 rings (SSSR count). The first-order chi connectivity index (χ1) is 9.43. The van der Waals surface area contributed by atoms with E-state index in [1.807, 2.05) is 4.90 Å². The molecule has 0 aromatic rings. The molecular weight excluding hydrogens is 254 g/mol. The van der Waals surface area contributed by atoms with E-state index in [1.54, 1.807) is 0 Å². The molecule has 1 N–H and O–H groups in total. The number of carbonyl (C=O) groups is 2. The minimum Gasteiger partial charge on any atom is -0.481 e. The Hall–Kier alpha value is -1.06. The van der Waals surface area contributed by atoms with Crippen LogP contribution >= 0.6 is 0 Å². The van der Waals surface area contributed by atoms with Crippen molar-refractivity contribution < 1.29 is 14.7 Å². The lowest BCUT2D eigenvalue weighted by Gasteiger charge is -2.37. The van der Waals surface area contributed by atoms with Gasteiger partial charge in [-0.3, -0.25) is 9.59 Å². The van der Waals surface area contributed by atoms with Crippen molar-refractivity contribution in [3.63, 3.8) is 0 Å². The number of likely N-dealkylation sites (tertiary alicyclic amines) is 1. The number of hydrogen-bond acceptors (Lipinski definition) is 2. The Balaban J connectivity index is 2.05. The van der Waals surface area contributed by atoms with Gasteiger partial charge in [0.25, 0.3) is 0 Å². The molecule has 0 radical (unpaired) electrons. The molecule has 1 heterocycles. The van der Waals surface area contributed by atoms with Crippen LogP contribution in [0.1, 0.15) is 46.5 Å². The normalized spacial score (nSPS) is 38.0. The van der Waals surface area contributed by atoms with Crippen molar-refractivity contribution in [1.29, 1.82) is 0 Å². The van der Waals surface area contributed by atoms with Crippen molar-refractivity contribution in [2.75, 3.05) is 13.1 Å². The summed E-state index contributed by atoms with van der Waals surface area (Å²) in [5.74, 6) is 0.0943. The molecule has 1 aliphatic heterocycles. The molecule has 1 saturated heterocycles. The van der Waals surface area contributed by atoms with Crippen LogP contribution < -0.4 is 0 Å². The molecule has 3 unspecified atom stereocenters. The van der Waals surface area contributed by atoms with Gasteiger partial charge in [-0.05, 0) is 37.0 Å². The molecule has 1 saturated carbocycles. The highest BCUT2D eigenvalue weighted by Crippen LogP contribution is 2.40. The van der Waals surface area contributed by atoms with Gasteiger partial charge in [0, 0.05) is 13.1 Å². The average Bonchev–Trinajstić information content (AvgIpc) is 2.85. The Bertz CT molecular complexity index is 382. The van der Waals surface area contributed by atoms with Gasteiger partial charge in [0.2, 0.25) is 5.91 Å². The first-order valence-corrected chi connectivity index (χ1v) is 7.95. The lowest BCUT2D eigenvalue weighted by atomic mass is 9.87. The summed E-state index contributed by atoms with van der Waals surface area (Å²) >= 11 is 0. The van der Waals surface area contributed by atoms with Crippen LogP contribution in [0.25, 0.3) is 0 Å². The van der Waals surface area contributed by atoms with E-state index in [0.29, 0.717) is 24.2 Å². The predicted molar refractivity (Wildman–Crippen MR) is 77.2 cm³/mol. The van der Waals surface area contributed by atoms with Crippen LogP contribution in [0.3, 0.4) is 0 Å². The summed E-state index contributed by atoms with van der Waals surface area (Å²) in [6.45, 7) is 8.09. The van der Waals surface area contributed by atoms with Crippen molar-refractivity contribution in [1.82, 2.24) is 4.90 Å². The second-order valence-corrected chi connectivity index (χ2v) is 6.82. The summed E-state index contributed by atoms with van der Waals surface area (Å²) < 4.78 is 0. The third kappa shape index (κ3) is 2.99. The molecule has 0 aromatic heterocycles. The molecule has 0 aromatic carbocycles. The number of carboxylic acids is 1. The summed E-state index contributed by atoms with van der Waals surface area (Å²) in [5, 5.41) is 9.37. The van der Waals surface area contributed by atoms with Gasteiger partial charge in [0.1, 0.15) is 0 Å². The zero-order valence-electron chi connectivity index (χ0n) is 12.8. The van der Waals surface area contributed by atoms with Crippen LogP contribution in [0.15, 0.2) is 0 Å². The van der Waals surface area contributed by atoms with Crippen molar-refractivity contribution in [3.05, 3.63) is 0 Å². The van der Waals surface area contributed by atoms with E-state index >= 15 is 0 Å². The Morgan fingerprint density at radius 3 is 2.35 bits per heavy atom. The van der Waals surface area contributed by atoms with Gasteiger partial charge in [-0.25, -0.2) is 0 Å². The number of carboxylic acid groups (broad SMARTS) is 1. The molecule has 0 spiro atoms. The van der Waals surface area contributed by atoms with E-state index in [0.717, 1.165) is 32.4 Å². The molecule has 2 fully saturated rings. The lowest BCUT2D eigenvalue weighted by molar-refractivity contribution is -0.150. The molecule has 2 aliphatic rings. The van der Waals surface area contributed by atoms with E-state index in [2.05, 4.69) is 20.8 Å². The molecule has 20 heavy (non-hydrogen) atoms. The molecule has 4 heteroatoms. The van der Waals surface area contributed by atoms with Crippen molar-refractivity contribution >= 4 is 11.9 Å². The SMILES string of the molecule is CCC1C[C@H](C(=O)N2CCC(C)C(C)C2)[C@H](C(=O)O)C1. The topological polar surface area (TPSA) is 57.6 Å². The summed E-state index contributed by atoms with van der Waals surface area (Å²) in [7, 11) is 0. The van der Waals surface area contributed by atoms with Crippen LogP contribution in [0.4, 0.5) is 0 Å². The summed E-state index contributed by atoms with van der Waals surface area (Å²) in [6.07, 6.45) is 3.43. The summed E-state index contributed by atoms with van der Waals surface area (Å²) in [4.78, 5) is 26.0. The molecule has 1 amide bonds. The fourth-order valence-electron chi connectivity index (χ4n) is 3.72. The summed E-state index contributed by atoms with van der Waals surface area (Å²) in [5.41, 5.74) is 0. The first-order valence-electron chi connectivity index (χ1n) is 7.95. The number of nitrogens with zero attached hydrogens (tertiary/aromatic N) is 1. The highest BCUT2D eigenvalue weighted by molar-refractivity contribution is 5.85. The Morgan fingerprint density at radius 1 is 1.15 bits per heavy atom. The van der Waals surface area contributed by atoms with E-state index < -0.39 is 11.9 Å². The Kier molecular flexibility index (Phi) is 4.71. The van der Waals surface area contributed by atoms with Crippen LogP contribution in [0.2, 0.25) is 0 Å². The van der Waals surface area contributed by atoms with Crippen LogP contribution in [-0.2, 0) is 9.59 Å². The van der Waals surface area contributed by atoms with E-state index in [1.165, 1.54) is 0 Å². The van der Waals surface area contributed by atoms with Crippen molar-refractivity contribution in [3.8, 4) is 0 Å². The van der Waals surface area contributed by atoms with E-state index in [4.69, 9.17) is 0 Å². The van der Waals surface area contributed by atoms with Crippen LogP contribution in [0.5, 0.6) is 0 Å². The Morgan fingerprint density at radius 2 is 1.80 bits per heavy atom. The molecule has 1 aliphatic carbocycles. The zero-order valence-corrected chi connectivity index (χ0v) is 12.8. The number of rotatable bonds is 3. The second kappa shape index (κ2) is 6.15. The van der Waals surface area contributed by atoms with E-state index in [-0.39, 0.29) is 11.8 Å². The first kappa shape index (κ1) is 15.3. The molecule has 5 atom stereocenters. The van der Waals surface area contributed by atoms with Crippen LogP contribution in [0, 0.1) is 29.6 Å². The minimum atomic E-state index is -0.794. The third-order valence-electron chi connectivity index (χ3n) is 5.52. The number of hydrogen-bond donors (Lipinski definition) is 1. The zero-order chi connectivity index (χ0) is 14.9. The number of aliphatic carboxylic acids is 1. The number of amides is 1. The van der Waals surface area contributed by atoms with Gasteiger partial charge in [-0.15, -0.1) is 0 Å². The largest absolute Gasteiger partial charge is 0.481 e. The highest BCUT2D eigenvalue weighted by Gasteiger charge is 2.44. The number of carbonyl (C=O) groups excluding carboxylic acids is 1. The highest BCUT2D eigenvalue weighted by atomic mass is 16.4. The molecule has 4 nitrogen and oxygen atoms in total. The van der Waals surface area contributed by atoms with Crippen LogP contribution in [-0.4, -0.2) is 35.0 Å². The quantitative estimate of drug-likeness (QED) is 0.865. The minimum absolute atomic E-state index is 0.0899. The smallest absolute Gasteiger partial charge is 0.307 e. The lowest BCUT2D eigenvalue weighted by Crippen LogP contribution is -2.46. The fraction of sp³-hybridized carbons (Fsp3) is 0.875. The predicted octanol–water partition coefficient (Wildman–Crippen LogP) is 2.63. The molecule has 0 bridgehead atoms. The van der Waals surface area contributed by atoms with Gasteiger partial charge >= 0.3 is 5.97 Å². The monoisotopic (exact) mass is 281 g/mol. The van der Waals surface area contributed by atoms with Gasteiger partial charge in [-0.1, -0.05) is 27.2 Å². The van der Waals surface area contributed by atoms with Crippen molar-refractivity contribution in [2.45, 2.75) is 46.5 Å². The van der Waals surface area contributed by atoms with Gasteiger partial charge < -0.3 is 10.0 Å². The van der Waals surface area contributed by atoms with Crippen molar-refractivity contribution in [2.24, 2.45) is 29.6 Å². The molecular formula is C16H27NO3. The van der Waals surface area contributed by atoms with Gasteiger partial charge in [-0.2, -0.15) is 0 Å². The number of piperidine rings is 1. The average molecular weight is 281 g/mol. The maximum absolute atomic E-state index is 12.7.